The van der Waals surface area contributed by atoms with E-state index in [9.17, 15) is 13.9 Å². The van der Waals surface area contributed by atoms with E-state index in [0.717, 1.165) is 6.07 Å². The lowest BCUT2D eigenvalue weighted by Gasteiger charge is -2.25. The predicted octanol–water partition coefficient (Wildman–Crippen LogP) is 1.61. The number of halogens is 2. The zero-order valence-electron chi connectivity index (χ0n) is 8.63. The number of rotatable bonds is 4. The van der Waals surface area contributed by atoms with Crippen LogP contribution in [0.3, 0.4) is 0 Å². The van der Waals surface area contributed by atoms with Crippen molar-refractivity contribution in [2.75, 3.05) is 6.54 Å². The molecule has 84 valence electrons. The number of aliphatic hydroxyl groups is 1. The van der Waals surface area contributed by atoms with E-state index in [1.807, 2.05) is 0 Å². The molecule has 0 fully saturated rings. The van der Waals surface area contributed by atoms with Crippen LogP contribution in [0.25, 0.3) is 0 Å². The summed E-state index contributed by atoms with van der Waals surface area (Å²) in [7, 11) is 0. The maximum atomic E-state index is 13.3. The summed E-state index contributed by atoms with van der Waals surface area (Å²) in [6.45, 7) is 1.78. The molecule has 15 heavy (non-hydrogen) atoms. The molecule has 1 unspecified atom stereocenters. The van der Waals surface area contributed by atoms with Gasteiger partial charge in [-0.25, -0.2) is 8.78 Å². The van der Waals surface area contributed by atoms with Gasteiger partial charge in [0.05, 0.1) is 5.60 Å². The molecule has 3 N–H and O–H groups in total. The predicted molar refractivity (Wildman–Crippen MR) is 54.4 cm³/mol. The molecular formula is C11H15F2NO. The molecule has 2 nitrogen and oxygen atoms in total. The molecule has 0 spiro atoms. The fraction of sp³-hybridized carbons (Fsp3) is 0.455. The molecule has 0 aliphatic rings. The average Bonchev–Trinajstić information content (AvgIpc) is 2.25. The van der Waals surface area contributed by atoms with Crippen molar-refractivity contribution in [3.05, 3.63) is 35.4 Å². The van der Waals surface area contributed by atoms with Crippen LogP contribution in [0.2, 0.25) is 0 Å². The van der Waals surface area contributed by atoms with Crippen LogP contribution < -0.4 is 5.73 Å². The third-order valence-corrected chi connectivity index (χ3v) is 2.59. The standard InChI is InChI=1S/C11H15F2NO/c1-2-11(15,7-14)6-8-4-3-5-9(12)10(8)13/h3-5,15H,2,6-7,14H2,1H3. The van der Waals surface area contributed by atoms with Gasteiger partial charge in [-0.05, 0) is 18.1 Å². The minimum Gasteiger partial charge on any atom is -0.388 e. The molecule has 0 bridgehead atoms. The Morgan fingerprint density at radius 2 is 2.07 bits per heavy atom. The first-order valence-corrected chi connectivity index (χ1v) is 4.88. The monoisotopic (exact) mass is 215 g/mol. The van der Waals surface area contributed by atoms with Gasteiger partial charge in [-0.2, -0.15) is 0 Å². The Bertz CT molecular complexity index is 337. The number of benzene rings is 1. The van der Waals surface area contributed by atoms with Gasteiger partial charge >= 0.3 is 0 Å². The van der Waals surface area contributed by atoms with Crippen molar-refractivity contribution in [2.24, 2.45) is 5.73 Å². The summed E-state index contributed by atoms with van der Waals surface area (Å²) in [5.41, 5.74) is 4.39. The van der Waals surface area contributed by atoms with E-state index in [-0.39, 0.29) is 18.5 Å². The molecular weight excluding hydrogens is 200 g/mol. The summed E-state index contributed by atoms with van der Waals surface area (Å²) < 4.78 is 26.2. The van der Waals surface area contributed by atoms with E-state index < -0.39 is 17.2 Å². The molecule has 1 rings (SSSR count). The number of hydrogen-bond acceptors (Lipinski definition) is 2. The molecule has 1 atom stereocenters. The first-order valence-electron chi connectivity index (χ1n) is 4.88. The van der Waals surface area contributed by atoms with Crippen molar-refractivity contribution >= 4 is 0 Å². The second-order valence-electron chi connectivity index (χ2n) is 3.67. The zero-order valence-corrected chi connectivity index (χ0v) is 8.63. The van der Waals surface area contributed by atoms with Crippen molar-refractivity contribution < 1.29 is 13.9 Å². The van der Waals surface area contributed by atoms with Crippen LogP contribution in [0.15, 0.2) is 18.2 Å². The van der Waals surface area contributed by atoms with Gasteiger partial charge in [0, 0.05) is 13.0 Å². The summed E-state index contributed by atoms with van der Waals surface area (Å²) in [5, 5.41) is 9.88. The van der Waals surface area contributed by atoms with Crippen molar-refractivity contribution in [1.29, 1.82) is 0 Å². The third-order valence-electron chi connectivity index (χ3n) is 2.59. The molecule has 4 heteroatoms. The van der Waals surface area contributed by atoms with Gasteiger partial charge in [-0.1, -0.05) is 19.1 Å². The van der Waals surface area contributed by atoms with Crippen molar-refractivity contribution in [3.63, 3.8) is 0 Å². The second kappa shape index (κ2) is 4.68. The molecule has 0 heterocycles. The van der Waals surface area contributed by atoms with Gasteiger partial charge in [0.1, 0.15) is 0 Å². The maximum Gasteiger partial charge on any atom is 0.162 e. The fourth-order valence-electron chi connectivity index (χ4n) is 1.38. The molecule has 0 aliphatic carbocycles. The van der Waals surface area contributed by atoms with Crippen LogP contribution in [-0.4, -0.2) is 17.3 Å². The summed E-state index contributed by atoms with van der Waals surface area (Å²) in [4.78, 5) is 0. The van der Waals surface area contributed by atoms with Gasteiger partial charge in [0.2, 0.25) is 0 Å². The highest BCUT2D eigenvalue weighted by Gasteiger charge is 2.25. The average molecular weight is 215 g/mol. The Balaban J connectivity index is 2.94. The second-order valence-corrected chi connectivity index (χ2v) is 3.67. The van der Waals surface area contributed by atoms with E-state index >= 15 is 0 Å². The van der Waals surface area contributed by atoms with Crippen LogP contribution >= 0.6 is 0 Å². The van der Waals surface area contributed by atoms with Gasteiger partial charge in [-0.3, -0.25) is 0 Å². The highest BCUT2D eigenvalue weighted by molar-refractivity contribution is 5.21. The fourth-order valence-corrected chi connectivity index (χ4v) is 1.38. The van der Waals surface area contributed by atoms with Gasteiger partial charge < -0.3 is 10.8 Å². The maximum absolute atomic E-state index is 13.3. The third kappa shape index (κ3) is 2.73. The number of nitrogens with two attached hydrogens (primary N) is 1. The zero-order chi connectivity index (χ0) is 11.5. The molecule has 0 radical (unpaired) electrons. The molecule has 0 saturated carbocycles. The van der Waals surface area contributed by atoms with Crippen LogP contribution in [0.5, 0.6) is 0 Å². The summed E-state index contributed by atoms with van der Waals surface area (Å²) >= 11 is 0. The highest BCUT2D eigenvalue weighted by Crippen LogP contribution is 2.19. The van der Waals surface area contributed by atoms with Crippen LogP contribution in [0.1, 0.15) is 18.9 Å². The van der Waals surface area contributed by atoms with E-state index in [1.165, 1.54) is 12.1 Å². The molecule has 1 aromatic rings. The Kier molecular flexibility index (Phi) is 3.77. The van der Waals surface area contributed by atoms with E-state index in [0.29, 0.717) is 6.42 Å². The molecule has 1 aromatic carbocycles. The normalized spacial score (nSPS) is 15.0. The van der Waals surface area contributed by atoms with Crippen molar-refractivity contribution in [2.45, 2.75) is 25.4 Å². The number of hydrogen-bond donors (Lipinski definition) is 2. The Hall–Kier alpha value is -1.00. The highest BCUT2D eigenvalue weighted by atomic mass is 19.2. The van der Waals surface area contributed by atoms with Crippen LogP contribution in [-0.2, 0) is 6.42 Å². The van der Waals surface area contributed by atoms with Crippen molar-refractivity contribution in [3.8, 4) is 0 Å². The molecule has 0 aliphatic heterocycles. The first-order chi connectivity index (χ1) is 7.02. The molecule has 0 aromatic heterocycles. The summed E-state index contributed by atoms with van der Waals surface area (Å²) in [6, 6.07) is 3.92. The minimum absolute atomic E-state index is 0.0272. The Labute approximate surface area is 87.7 Å². The lowest BCUT2D eigenvalue weighted by molar-refractivity contribution is 0.0446. The lowest BCUT2D eigenvalue weighted by atomic mass is 9.92. The minimum atomic E-state index is -1.16. The van der Waals surface area contributed by atoms with Gasteiger partial charge in [0.15, 0.2) is 11.6 Å². The topological polar surface area (TPSA) is 46.2 Å². The molecule has 0 saturated heterocycles. The van der Waals surface area contributed by atoms with E-state index in [4.69, 9.17) is 5.73 Å². The quantitative estimate of drug-likeness (QED) is 0.801. The molecule has 0 amide bonds. The summed E-state index contributed by atoms with van der Waals surface area (Å²) in [6.07, 6.45) is 0.434. The lowest BCUT2D eigenvalue weighted by Crippen LogP contribution is -2.39. The van der Waals surface area contributed by atoms with E-state index in [1.54, 1.807) is 6.92 Å². The van der Waals surface area contributed by atoms with Crippen LogP contribution in [0, 0.1) is 11.6 Å². The van der Waals surface area contributed by atoms with Crippen molar-refractivity contribution in [1.82, 2.24) is 0 Å². The van der Waals surface area contributed by atoms with Gasteiger partial charge in [0.25, 0.3) is 0 Å². The Morgan fingerprint density at radius 1 is 1.40 bits per heavy atom. The Morgan fingerprint density at radius 3 is 2.60 bits per heavy atom. The van der Waals surface area contributed by atoms with Crippen LogP contribution in [0.4, 0.5) is 8.78 Å². The SMILES string of the molecule is CCC(O)(CN)Cc1cccc(F)c1F. The first kappa shape index (κ1) is 12.1. The van der Waals surface area contributed by atoms with E-state index in [2.05, 4.69) is 0 Å². The largest absolute Gasteiger partial charge is 0.388 e. The summed E-state index contributed by atoms with van der Waals surface area (Å²) in [5.74, 6) is -1.80. The van der Waals surface area contributed by atoms with Gasteiger partial charge in [-0.15, -0.1) is 0 Å². The smallest absolute Gasteiger partial charge is 0.162 e.